The Morgan fingerprint density at radius 1 is 1.12 bits per heavy atom. The van der Waals surface area contributed by atoms with E-state index in [0.29, 0.717) is 23.9 Å². The van der Waals surface area contributed by atoms with E-state index in [1.807, 2.05) is 0 Å². The third-order valence-electron chi connectivity index (χ3n) is 5.62. The molecule has 0 spiro atoms. The highest BCUT2D eigenvalue weighted by Crippen LogP contribution is 2.30. The number of halogens is 1. The smallest absolute Gasteiger partial charge is 0.242 e. The molecule has 0 aliphatic carbocycles. The molecule has 6 nitrogen and oxygen atoms in total. The first kappa shape index (κ1) is 28.5. The molecule has 0 aromatic carbocycles. The van der Waals surface area contributed by atoms with Crippen molar-refractivity contribution < 1.29 is 17.5 Å². The number of ether oxygens (including phenoxy) is 1. The summed E-state index contributed by atoms with van der Waals surface area (Å²) in [5.41, 5.74) is 6.08. The van der Waals surface area contributed by atoms with E-state index < -0.39 is 10.0 Å². The lowest BCUT2D eigenvalue weighted by atomic mass is 9.82. The second-order valence-corrected chi connectivity index (χ2v) is 10.9. The van der Waals surface area contributed by atoms with Gasteiger partial charge in [0, 0.05) is 24.7 Å². The first-order chi connectivity index (χ1) is 15.2. The summed E-state index contributed by atoms with van der Waals surface area (Å²) in [6.07, 6.45) is 13.5. The van der Waals surface area contributed by atoms with Gasteiger partial charge in [-0.05, 0) is 30.7 Å². The predicted octanol–water partition coefficient (Wildman–Crippen LogP) is 5.50. The van der Waals surface area contributed by atoms with Crippen LogP contribution < -0.4 is 15.2 Å². The van der Waals surface area contributed by atoms with Gasteiger partial charge in [0.2, 0.25) is 15.9 Å². The molecule has 0 bridgehead atoms. The number of pyridine rings is 1. The molecule has 0 aliphatic heterocycles. The van der Waals surface area contributed by atoms with Crippen molar-refractivity contribution in [3.8, 4) is 5.88 Å². The highest BCUT2D eigenvalue weighted by atomic mass is 32.2. The molecular formula is C24H42FN3O3S. The van der Waals surface area contributed by atoms with E-state index in [0.717, 1.165) is 19.3 Å². The molecule has 32 heavy (non-hydrogen) atoms. The average Bonchev–Trinajstić information content (AvgIpc) is 2.76. The molecule has 0 radical (unpaired) electrons. The van der Waals surface area contributed by atoms with Gasteiger partial charge in [0.25, 0.3) is 0 Å². The largest absolute Gasteiger partial charge is 0.473 e. The Hall–Kier alpha value is -1.51. The Kier molecular flexibility index (Phi) is 13.7. The third-order valence-corrected chi connectivity index (χ3v) is 7.07. The minimum Gasteiger partial charge on any atom is -0.473 e. The molecule has 0 atom stereocenters. The van der Waals surface area contributed by atoms with E-state index >= 15 is 0 Å². The molecule has 1 rings (SSSR count). The van der Waals surface area contributed by atoms with Crippen molar-refractivity contribution in [3.05, 3.63) is 30.2 Å². The number of nitrogens with two attached hydrogens (primary N) is 1. The molecule has 1 aromatic rings. The first-order valence-electron chi connectivity index (χ1n) is 11.8. The molecule has 1 aromatic heterocycles. The van der Waals surface area contributed by atoms with Gasteiger partial charge in [-0.2, -0.15) is 0 Å². The molecule has 8 heteroatoms. The Morgan fingerprint density at radius 2 is 1.78 bits per heavy atom. The fourth-order valence-electron chi connectivity index (χ4n) is 3.44. The van der Waals surface area contributed by atoms with E-state index in [-0.39, 0.29) is 23.9 Å². The molecule has 0 unspecified atom stereocenters. The van der Waals surface area contributed by atoms with E-state index in [1.54, 1.807) is 0 Å². The molecule has 0 saturated carbocycles. The molecule has 0 fully saturated rings. The molecule has 184 valence electrons. The maximum atomic E-state index is 12.5. The van der Waals surface area contributed by atoms with Crippen molar-refractivity contribution in [1.29, 1.82) is 0 Å². The van der Waals surface area contributed by atoms with Crippen molar-refractivity contribution in [3.63, 3.8) is 0 Å². The number of unbranched alkanes of at least 4 members (excludes halogenated alkanes) is 6. The zero-order chi connectivity index (χ0) is 23.9. The van der Waals surface area contributed by atoms with Crippen LogP contribution in [0.2, 0.25) is 0 Å². The van der Waals surface area contributed by atoms with Gasteiger partial charge in [0.1, 0.15) is 11.5 Å². The number of rotatable bonds is 18. The summed E-state index contributed by atoms with van der Waals surface area (Å²) < 4.78 is 45.2. The highest BCUT2D eigenvalue weighted by Gasteiger charge is 2.16. The molecule has 1 heterocycles. The Labute approximate surface area is 194 Å². The minimum absolute atomic E-state index is 0.0271. The lowest BCUT2D eigenvalue weighted by molar-refractivity contribution is 0.283. The van der Waals surface area contributed by atoms with Crippen LogP contribution in [-0.2, 0) is 10.0 Å². The van der Waals surface area contributed by atoms with Crippen LogP contribution in [0.15, 0.2) is 35.1 Å². The second-order valence-electron chi connectivity index (χ2n) is 9.13. The SMILES string of the molecule is CCCCCC(C)(C)CCCCCCCNS(=O)(=O)c1ccc(OC/C(=C\F)CN)nc1. The Morgan fingerprint density at radius 3 is 2.38 bits per heavy atom. The summed E-state index contributed by atoms with van der Waals surface area (Å²) in [4.78, 5) is 4.05. The number of hydrogen-bond donors (Lipinski definition) is 2. The number of nitrogens with zero attached hydrogens (tertiary/aromatic N) is 1. The fourth-order valence-corrected chi connectivity index (χ4v) is 4.46. The van der Waals surface area contributed by atoms with Crippen molar-refractivity contribution >= 4 is 10.0 Å². The summed E-state index contributed by atoms with van der Waals surface area (Å²) in [7, 11) is -3.61. The molecule has 0 saturated heterocycles. The molecule has 0 amide bonds. The van der Waals surface area contributed by atoms with Crippen LogP contribution in [0.1, 0.15) is 85.0 Å². The average molecular weight is 472 g/mol. The minimum atomic E-state index is -3.61. The standard InChI is InChI=1S/C24H42FN3O3S/c1-4-5-9-14-24(2,3)15-10-7-6-8-11-16-28-32(29,30)22-12-13-23(27-19-22)31-20-21(17-25)18-26/h12-13,17,19,28H,4-11,14-16,18,20,26H2,1-3H3/b21-17-. The van der Waals surface area contributed by atoms with Crippen LogP contribution in [0.25, 0.3) is 0 Å². The van der Waals surface area contributed by atoms with E-state index in [4.69, 9.17) is 10.5 Å². The lowest BCUT2D eigenvalue weighted by Gasteiger charge is -2.24. The number of sulfonamides is 1. The van der Waals surface area contributed by atoms with Crippen molar-refractivity contribution in [2.24, 2.45) is 11.1 Å². The van der Waals surface area contributed by atoms with Gasteiger partial charge in [-0.15, -0.1) is 0 Å². The van der Waals surface area contributed by atoms with Crippen molar-refractivity contribution in [1.82, 2.24) is 9.71 Å². The topological polar surface area (TPSA) is 94.3 Å². The zero-order valence-electron chi connectivity index (χ0n) is 20.0. The predicted molar refractivity (Wildman–Crippen MR) is 129 cm³/mol. The maximum Gasteiger partial charge on any atom is 0.242 e. The van der Waals surface area contributed by atoms with Gasteiger partial charge >= 0.3 is 0 Å². The summed E-state index contributed by atoms with van der Waals surface area (Å²) in [5.74, 6) is 0.213. The van der Waals surface area contributed by atoms with E-state index in [9.17, 15) is 12.8 Å². The van der Waals surface area contributed by atoms with Gasteiger partial charge in [-0.3, -0.25) is 0 Å². The van der Waals surface area contributed by atoms with Crippen LogP contribution >= 0.6 is 0 Å². The van der Waals surface area contributed by atoms with Crippen LogP contribution in [0, 0.1) is 5.41 Å². The van der Waals surface area contributed by atoms with E-state index in [2.05, 4.69) is 30.5 Å². The van der Waals surface area contributed by atoms with Crippen LogP contribution in [0.3, 0.4) is 0 Å². The summed E-state index contributed by atoms with van der Waals surface area (Å²) in [5, 5.41) is 0. The summed E-state index contributed by atoms with van der Waals surface area (Å²) in [6.45, 7) is 7.39. The Balaban J connectivity index is 2.24. The maximum absolute atomic E-state index is 12.5. The van der Waals surface area contributed by atoms with Crippen LogP contribution in [0.4, 0.5) is 4.39 Å². The monoisotopic (exact) mass is 471 g/mol. The number of nitrogens with one attached hydrogen (secondary N) is 1. The molecule has 0 aliphatic rings. The summed E-state index contributed by atoms with van der Waals surface area (Å²) in [6, 6.07) is 2.87. The number of hydrogen-bond acceptors (Lipinski definition) is 5. The fraction of sp³-hybridized carbons (Fsp3) is 0.708. The second kappa shape index (κ2) is 15.3. The zero-order valence-corrected chi connectivity index (χ0v) is 20.9. The normalized spacial score (nSPS) is 12.8. The quantitative estimate of drug-likeness (QED) is 0.276. The van der Waals surface area contributed by atoms with Crippen LogP contribution in [-0.4, -0.2) is 33.1 Å². The van der Waals surface area contributed by atoms with Gasteiger partial charge in [-0.25, -0.2) is 22.5 Å². The third kappa shape index (κ3) is 11.9. The summed E-state index contributed by atoms with van der Waals surface area (Å²) >= 11 is 0. The van der Waals surface area contributed by atoms with Crippen LogP contribution in [0.5, 0.6) is 5.88 Å². The van der Waals surface area contributed by atoms with Crippen molar-refractivity contribution in [2.45, 2.75) is 89.9 Å². The first-order valence-corrected chi connectivity index (χ1v) is 13.3. The van der Waals surface area contributed by atoms with Gasteiger partial charge in [0.05, 0.1) is 12.5 Å². The molecule has 3 N–H and O–H groups in total. The van der Waals surface area contributed by atoms with Gasteiger partial charge < -0.3 is 10.5 Å². The van der Waals surface area contributed by atoms with E-state index in [1.165, 1.54) is 63.3 Å². The Bertz CT molecular complexity index is 765. The number of aromatic nitrogens is 1. The van der Waals surface area contributed by atoms with Gasteiger partial charge in [-0.1, -0.05) is 65.7 Å². The lowest BCUT2D eigenvalue weighted by Crippen LogP contribution is -2.25. The van der Waals surface area contributed by atoms with Crippen molar-refractivity contribution in [2.75, 3.05) is 19.7 Å². The van der Waals surface area contributed by atoms with Gasteiger partial charge in [0.15, 0.2) is 0 Å². The molecular weight excluding hydrogens is 429 g/mol. The highest BCUT2D eigenvalue weighted by molar-refractivity contribution is 7.89.